The van der Waals surface area contributed by atoms with Gasteiger partial charge in [0.25, 0.3) is 0 Å². The van der Waals surface area contributed by atoms with Gasteiger partial charge in [-0.3, -0.25) is 9.69 Å². The number of hydrogen-bond donors (Lipinski definition) is 2. The molecule has 1 aliphatic heterocycles. The molecule has 0 aliphatic carbocycles. The molecular formula is C12H24N2O2. The van der Waals surface area contributed by atoms with E-state index in [0.717, 1.165) is 13.1 Å². The van der Waals surface area contributed by atoms with Crippen LogP contribution in [0.5, 0.6) is 0 Å². The van der Waals surface area contributed by atoms with Gasteiger partial charge in [-0.1, -0.05) is 19.8 Å². The number of unbranched alkanes of at least 4 members (excludes halogenated alkanes) is 1. The molecule has 0 aromatic carbocycles. The number of nitrogens with one attached hydrogen (secondary N) is 1. The van der Waals surface area contributed by atoms with Crippen molar-refractivity contribution in [2.24, 2.45) is 5.92 Å². The normalized spacial score (nSPS) is 26.9. The van der Waals surface area contributed by atoms with Crippen LogP contribution in [0.4, 0.5) is 0 Å². The number of carboxylic acids is 1. The Kier molecular flexibility index (Phi) is 5.77. The maximum atomic E-state index is 10.7. The third-order valence-corrected chi connectivity index (χ3v) is 3.35. The van der Waals surface area contributed by atoms with Gasteiger partial charge < -0.3 is 10.4 Å². The lowest BCUT2D eigenvalue weighted by Crippen LogP contribution is -2.49. The molecule has 1 fully saturated rings. The largest absolute Gasteiger partial charge is 0.480 e. The van der Waals surface area contributed by atoms with Crippen LogP contribution in [0, 0.1) is 5.92 Å². The van der Waals surface area contributed by atoms with E-state index in [4.69, 9.17) is 5.11 Å². The zero-order chi connectivity index (χ0) is 12.0. The quantitative estimate of drug-likeness (QED) is 0.716. The number of carbonyl (C=O) groups is 1. The topological polar surface area (TPSA) is 52.6 Å². The summed E-state index contributed by atoms with van der Waals surface area (Å²) in [4.78, 5) is 12.8. The molecule has 0 radical (unpaired) electrons. The molecule has 94 valence electrons. The molecule has 2 N–H and O–H groups in total. The molecule has 0 saturated carbocycles. The highest BCUT2D eigenvalue weighted by atomic mass is 16.4. The summed E-state index contributed by atoms with van der Waals surface area (Å²) < 4.78 is 0. The van der Waals surface area contributed by atoms with Gasteiger partial charge in [0.2, 0.25) is 0 Å². The molecule has 4 heteroatoms. The average Bonchev–Trinajstić information content (AvgIpc) is 2.25. The van der Waals surface area contributed by atoms with Crippen molar-refractivity contribution in [2.45, 2.75) is 38.6 Å². The van der Waals surface area contributed by atoms with E-state index in [0.29, 0.717) is 12.0 Å². The fourth-order valence-electron chi connectivity index (χ4n) is 2.53. The molecule has 4 nitrogen and oxygen atoms in total. The number of likely N-dealkylation sites (tertiary alicyclic amines) is 1. The molecule has 2 atom stereocenters. The van der Waals surface area contributed by atoms with Crippen molar-refractivity contribution >= 4 is 5.97 Å². The van der Waals surface area contributed by atoms with Gasteiger partial charge in [-0.15, -0.1) is 0 Å². The van der Waals surface area contributed by atoms with Gasteiger partial charge in [0.1, 0.15) is 0 Å². The van der Waals surface area contributed by atoms with Crippen LogP contribution in [0.15, 0.2) is 0 Å². The molecule has 0 aromatic rings. The molecule has 1 heterocycles. The van der Waals surface area contributed by atoms with Crippen molar-refractivity contribution in [2.75, 3.05) is 26.7 Å². The van der Waals surface area contributed by atoms with Crippen molar-refractivity contribution in [3.8, 4) is 0 Å². The van der Waals surface area contributed by atoms with E-state index in [1.165, 1.54) is 25.7 Å². The zero-order valence-corrected chi connectivity index (χ0v) is 10.4. The van der Waals surface area contributed by atoms with E-state index in [1.54, 1.807) is 0 Å². The molecule has 0 spiro atoms. The first-order valence-electron chi connectivity index (χ1n) is 6.27. The highest BCUT2D eigenvalue weighted by Crippen LogP contribution is 2.21. The monoisotopic (exact) mass is 228 g/mol. The van der Waals surface area contributed by atoms with E-state index in [-0.39, 0.29) is 6.54 Å². The Morgan fingerprint density at radius 1 is 1.50 bits per heavy atom. The van der Waals surface area contributed by atoms with Crippen LogP contribution in [0.25, 0.3) is 0 Å². The van der Waals surface area contributed by atoms with Crippen LogP contribution in [0.3, 0.4) is 0 Å². The molecule has 0 amide bonds. The van der Waals surface area contributed by atoms with Gasteiger partial charge in [0, 0.05) is 19.1 Å². The number of piperidine rings is 1. The maximum Gasteiger partial charge on any atom is 0.317 e. The predicted octanol–water partition coefficient (Wildman–Crippen LogP) is 1.17. The summed E-state index contributed by atoms with van der Waals surface area (Å²) in [5, 5.41) is 12.1. The first-order chi connectivity index (χ1) is 7.65. The fourth-order valence-corrected chi connectivity index (χ4v) is 2.53. The van der Waals surface area contributed by atoms with Gasteiger partial charge in [0.15, 0.2) is 0 Å². The van der Waals surface area contributed by atoms with Crippen molar-refractivity contribution in [3.63, 3.8) is 0 Å². The maximum absolute atomic E-state index is 10.7. The highest BCUT2D eigenvalue weighted by Gasteiger charge is 2.26. The van der Waals surface area contributed by atoms with E-state index in [2.05, 4.69) is 17.1 Å². The molecule has 16 heavy (non-hydrogen) atoms. The van der Waals surface area contributed by atoms with Crippen LogP contribution in [-0.4, -0.2) is 48.7 Å². The van der Waals surface area contributed by atoms with E-state index >= 15 is 0 Å². The third kappa shape index (κ3) is 4.49. The first-order valence-corrected chi connectivity index (χ1v) is 6.27. The second-order valence-electron chi connectivity index (χ2n) is 4.82. The standard InChI is InChI=1S/C12H24N2O2/c1-3-4-5-10-6-11(13-2)8-14(7-10)9-12(15)16/h10-11,13H,3-9H2,1-2H3,(H,15,16). The second-order valence-corrected chi connectivity index (χ2v) is 4.82. The summed E-state index contributed by atoms with van der Waals surface area (Å²) in [6, 6.07) is 0.454. The summed E-state index contributed by atoms with van der Waals surface area (Å²) in [7, 11) is 1.96. The Morgan fingerprint density at radius 2 is 2.25 bits per heavy atom. The minimum absolute atomic E-state index is 0.181. The Bertz CT molecular complexity index is 221. The van der Waals surface area contributed by atoms with Crippen molar-refractivity contribution in [3.05, 3.63) is 0 Å². The van der Waals surface area contributed by atoms with Crippen LogP contribution in [0.1, 0.15) is 32.6 Å². The second kappa shape index (κ2) is 6.86. The van der Waals surface area contributed by atoms with Crippen molar-refractivity contribution in [1.29, 1.82) is 0 Å². The fraction of sp³-hybridized carbons (Fsp3) is 0.917. The van der Waals surface area contributed by atoms with Crippen LogP contribution >= 0.6 is 0 Å². The summed E-state index contributed by atoms with van der Waals surface area (Å²) in [6.07, 6.45) is 4.89. The smallest absolute Gasteiger partial charge is 0.317 e. The highest BCUT2D eigenvalue weighted by molar-refractivity contribution is 5.69. The average molecular weight is 228 g/mol. The Balaban J connectivity index is 2.43. The van der Waals surface area contributed by atoms with E-state index < -0.39 is 5.97 Å². The predicted molar refractivity (Wildman–Crippen MR) is 64.6 cm³/mol. The van der Waals surface area contributed by atoms with Gasteiger partial charge in [-0.2, -0.15) is 0 Å². The van der Waals surface area contributed by atoms with Gasteiger partial charge in [-0.05, 0) is 25.8 Å². The number of rotatable bonds is 6. The van der Waals surface area contributed by atoms with Gasteiger partial charge in [-0.25, -0.2) is 0 Å². The first kappa shape index (κ1) is 13.5. The Labute approximate surface area is 98.0 Å². The minimum atomic E-state index is -0.717. The number of nitrogens with zero attached hydrogens (tertiary/aromatic N) is 1. The van der Waals surface area contributed by atoms with Crippen molar-refractivity contribution in [1.82, 2.24) is 10.2 Å². The van der Waals surface area contributed by atoms with Gasteiger partial charge in [0.05, 0.1) is 6.54 Å². The summed E-state index contributed by atoms with van der Waals surface area (Å²) >= 11 is 0. The lowest BCUT2D eigenvalue weighted by molar-refractivity contribution is -0.138. The molecule has 1 rings (SSSR count). The summed E-state index contributed by atoms with van der Waals surface area (Å²) in [5.74, 6) is -0.0588. The molecule has 2 unspecified atom stereocenters. The number of likely N-dealkylation sites (N-methyl/N-ethyl adjacent to an activating group) is 1. The molecule has 1 saturated heterocycles. The lowest BCUT2D eigenvalue weighted by atomic mass is 9.90. The van der Waals surface area contributed by atoms with Crippen LogP contribution < -0.4 is 5.32 Å². The molecule has 1 aliphatic rings. The summed E-state index contributed by atoms with van der Waals surface area (Å²) in [6.45, 7) is 4.20. The molecule has 0 aromatic heterocycles. The lowest BCUT2D eigenvalue weighted by Gasteiger charge is -2.37. The zero-order valence-electron chi connectivity index (χ0n) is 10.4. The minimum Gasteiger partial charge on any atom is -0.480 e. The number of aliphatic carboxylic acids is 1. The molecule has 0 bridgehead atoms. The van der Waals surface area contributed by atoms with Gasteiger partial charge >= 0.3 is 5.97 Å². The van der Waals surface area contributed by atoms with Crippen LogP contribution in [0.2, 0.25) is 0 Å². The van der Waals surface area contributed by atoms with E-state index in [1.807, 2.05) is 7.05 Å². The Hall–Kier alpha value is -0.610. The third-order valence-electron chi connectivity index (χ3n) is 3.35. The summed E-state index contributed by atoms with van der Waals surface area (Å²) in [5.41, 5.74) is 0. The van der Waals surface area contributed by atoms with E-state index in [9.17, 15) is 4.79 Å². The number of carboxylic acid groups (broad SMARTS) is 1. The molecular weight excluding hydrogens is 204 g/mol. The van der Waals surface area contributed by atoms with Crippen LogP contribution in [-0.2, 0) is 4.79 Å². The Morgan fingerprint density at radius 3 is 2.81 bits per heavy atom. The van der Waals surface area contributed by atoms with Crippen molar-refractivity contribution < 1.29 is 9.90 Å². The number of hydrogen-bond acceptors (Lipinski definition) is 3. The SMILES string of the molecule is CCCCC1CC(NC)CN(CC(=O)O)C1.